The predicted octanol–water partition coefficient (Wildman–Crippen LogP) is 5.71. The molecular weight excluding hydrogens is 332 g/mol. The van der Waals surface area contributed by atoms with E-state index in [1.807, 2.05) is 12.1 Å². The van der Waals surface area contributed by atoms with Crippen LogP contribution < -0.4 is 4.74 Å². The number of hydrogen-bond acceptors (Lipinski definition) is 2. The summed E-state index contributed by atoms with van der Waals surface area (Å²) in [6, 6.07) is 22.9. The Labute approximate surface area is 160 Å². The van der Waals surface area contributed by atoms with Crippen molar-refractivity contribution < 1.29 is 4.74 Å². The first kappa shape index (κ1) is 17.3. The van der Waals surface area contributed by atoms with Crippen molar-refractivity contribution in [2.45, 2.75) is 27.3 Å². The fraction of sp³-hybridized carbons (Fsp3) is 0.208. The Morgan fingerprint density at radius 1 is 0.815 bits per heavy atom. The van der Waals surface area contributed by atoms with Gasteiger partial charge in [-0.25, -0.2) is 4.98 Å². The van der Waals surface area contributed by atoms with Crippen molar-refractivity contribution in [3.05, 3.63) is 83.4 Å². The number of rotatable bonds is 5. The maximum atomic E-state index is 6.04. The van der Waals surface area contributed by atoms with Gasteiger partial charge in [0.25, 0.3) is 0 Å². The largest absolute Gasteiger partial charge is 0.492 e. The molecule has 0 unspecified atom stereocenters. The standard InChI is InChI=1S/C24H24N2O/c1-17-12-13-20(16-19(17)3)27-15-14-26-23-11-7-6-10-22(23)25-24(26)21-9-5-4-8-18(21)2/h4-13,16H,14-15H2,1-3H3. The average Bonchev–Trinajstić information content (AvgIpc) is 3.03. The van der Waals surface area contributed by atoms with Gasteiger partial charge in [0.1, 0.15) is 18.2 Å². The van der Waals surface area contributed by atoms with Crippen molar-refractivity contribution in [2.75, 3.05) is 6.61 Å². The second kappa shape index (κ2) is 7.28. The third kappa shape index (κ3) is 3.45. The topological polar surface area (TPSA) is 27.1 Å². The van der Waals surface area contributed by atoms with Gasteiger partial charge in [0, 0.05) is 5.56 Å². The first-order valence-corrected chi connectivity index (χ1v) is 9.35. The predicted molar refractivity (Wildman–Crippen MR) is 111 cm³/mol. The summed E-state index contributed by atoms with van der Waals surface area (Å²) in [6.07, 6.45) is 0. The molecule has 0 aliphatic heterocycles. The lowest BCUT2D eigenvalue weighted by molar-refractivity contribution is 0.300. The molecular formula is C24H24N2O. The normalized spacial score (nSPS) is 11.1. The molecule has 0 radical (unpaired) electrons. The van der Waals surface area contributed by atoms with E-state index in [1.165, 1.54) is 22.3 Å². The molecule has 1 aromatic heterocycles. The molecule has 1 heterocycles. The Balaban J connectivity index is 1.65. The van der Waals surface area contributed by atoms with E-state index in [-0.39, 0.29) is 0 Å². The van der Waals surface area contributed by atoms with Crippen LogP contribution in [0.25, 0.3) is 22.4 Å². The number of para-hydroxylation sites is 2. The molecule has 4 aromatic rings. The van der Waals surface area contributed by atoms with Gasteiger partial charge in [-0.3, -0.25) is 0 Å². The molecule has 3 heteroatoms. The van der Waals surface area contributed by atoms with Crippen LogP contribution >= 0.6 is 0 Å². The Morgan fingerprint density at radius 3 is 2.41 bits per heavy atom. The van der Waals surface area contributed by atoms with Crippen molar-refractivity contribution in [3.8, 4) is 17.1 Å². The molecule has 0 saturated carbocycles. The van der Waals surface area contributed by atoms with Crippen molar-refractivity contribution in [1.29, 1.82) is 0 Å². The number of aromatic nitrogens is 2. The molecule has 0 spiro atoms. The lowest BCUT2D eigenvalue weighted by Gasteiger charge is -2.13. The molecule has 0 N–H and O–H groups in total. The van der Waals surface area contributed by atoms with Gasteiger partial charge in [-0.2, -0.15) is 0 Å². The third-order valence-corrected chi connectivity index (χ3v) is 5.10. The summed E-state index contributed by atoms with van der Waals surface area (Å²) >= 11 is 0. The van der Waals surface area contributed by atoms with Crippen molar-refractivity contribution >= 4 is 11.0 Å². The first-order valence-electron chi connectivity index (χ1n) is 9.35. The van der Waals surface area contributed by atoms with Gasteiger partial charge < -0.3 is 9.30 Å². The van der Waals surface area contributed by atoms with E-state index >= 15 is 0 Å². The molecule has 4 rings (SSSR count). The Kier molecular flexibility index (Phi) is 4.68. The molecule has 3 aromatic carbocycles. The number of imidazole rings is 1. The summed E-state index contributed by atoms with van der Waals surface area (Å²) in [5.41, 5.74) is 7.08. The highest BCUT2D eigenvalue weighted by Crippen LogP contribution is 2.27. The smallest absolute Gasteiger partial charge is 0.141 e. The summed E-state index contributed by atoms with van der Waals surface area (Å²) in [7, 11) is 0. The van der Waals surface area contributed by atoms with Crippen LogP contribution in [0.5, 0.6) is 5.75 Å². The number of hydrogen-bond donors (Lipinski definition) is 0. The maximum Gasteiger partial charge on any atom is 0.141 e. The molecule has 0 aliphatic rings. The summed E-state index contributed by atoms with van der Waals surface area (Å²) in [6.45, 7) is 7.70. The monoisotopic (exact) mass is 356 g/mol. The molecule has 0 aliphatic carbocycles. The zero-order valence-electron chi connectivity index (χ0n) is 16.1. The number of nitrogens with zero attached hydrogens (tertiary/aromatic N) is 2. The molecule has 136 valence electrons. The van der Waals surface area contributed by atoms with Gasteiger partial charge in [0.05, 0.1) is 17.6 Å². The highest BCUT2D eigenvalue weighted by atomic mass is 16.5. The zero-order valence-corrected chi connectivity index (χ0v) is 16.1. The van der Waals surface area contributed by atoms with Gasteiger partial charge in [0.2, 0.25) is 0 Å². The number of fused-ring (bicyclic) bond motifs is 1. The van der Waals surface area contributed by atoms with Gasteiger partial charge in [-0.05, 0) is 61.7 Å². The summed E-state index contributed by atoms with van der Waals surface area (Å²) in [5.74, 6) is 1.91. The van der Waals surface area contributed by atoms with Crippen LogP contribution in [0, 0.1) is 20.8 Å². The van der Waals surface area contributed by atoms with Gasteiger partial charge in [-0.15, -0.1) is 0 Å². The van der Waals surface area contributed by atoms with E-state index in [2.05, 4.69) is 79.9 Å². The molecule has 0 fully saturated rings. The summed E-state index contributed by atoms with van der Waals surface area (Å²) < 4.78 is 8.30. The van der Waals surface area contributed by atoms with E-state index in [0.29, 0.717) is 6.61 Å². The van der Waals surface area contributed by atoms with Gasteiger partial charge >= 0.3 is 0 Å². The lowest BCUT2D eigenvalue weighted by Crippen LogP contribution is -2.10. The Morgan fingerprint density at radius 2 is 1.59 bits per heavy atom. The van der Waals surface area contributed by atoms with E-state index in [9.17, 15) is 0 Å². The van der Waals surface area contributed by atoms with Crippen LogP contribution in [0.4, 0.5) is 0 Å². The van der Waals surface area contributed by atoms with Crippen LogP contribution in [-0.4, -0.2) is 16.2 Å². The summed E-state index contributed by atoms with van der Waals surface area (Å²) in [4.78, 5) is 4.90. The quantitative estimate of drug-likeness (QED) is 0.458. The highest BCUT2D eigenvalue weighted by Gasteiger charge is 2.14. The molecule has 0 atom stereocenters. The van der Waals surface area contributed by atoms with Crippen LogP contribution in [0.2, 0.25) is 0 Å². The van der Waals surface area contributed by atoms with Crippen LogP contribution in [-0.2, 0) is 6.54 Å². The average molecular weight is 356 g/mol. The van der Waals surface area contributed by atoms with Crippen LogP contribution in [0.3, 0.4) is 0 Å². The molecule has 27 heavy (non-hydrogen) atoms. The van der Waals surface area contributed by atoms with Gasteiger partial charge in [0.15, 0.2) is 0 Å². The lowest BCUT2D eigenvalue weighted by atomic mass is 10.1. The Hall–Kier alpha value is -3.07. The number of aryl methyl sites for hydroxylation is 3. The van der Waals surface area contributed by atoms with Crippen LogP contribution in [0.15, 0.2) is 66.7 Å². The number of ether oxygens (including phenoxy) is 1. The molecule has 0 saturated heterocycles. The molecule has 0 amide bonds. The first-order chi connectivity index (χ1) is 13.1. The zero-order chi connectivity index (χ0) is 18.8. The van der Waals surface area contributed by atoms with E-state index in [4.69, 9.17) is 9.72 Å². The Bertz CT molecular complexity index is 1090. The minimum Gasteiger partial charge on any atom is -0.492 e. The fourth-order valence-corrected chi connectivity index (χ4v) is 3.39. The highest BCUT2D eigenvalue weighted by molar-refractivity contribution is 5.81. The van der Waals surface area contributed by atoms with E-state index < -0.39 is 0 Å². The molecule has 3 nitrogen and oxygen atoms in total. The van der Waals surface area contributed by atoms with E-state index in [0.717, 1.165) is 29.2 Å². The SMILES string of the molecule is Cc1ccc(OCCn2c(-c3ccccc3C)nc3ccccc32)cc1C. The number of benzene rings is 3. The van der Waals surface area contributed by atoms with Gasteiger partial charge in [-0.1, -0.05) is 42.5 Å². The minimum atomic E-state index is 0.599. The van der Waals surface area contributed by atoms with Crippen molar-refractivity contribution in [3.63, 3.8) is 0 Å². The second-order valence-electron chi connectivity index (χ2n) is 6.99. The summed E-state index contributed by atoms with van der Waals surface area (Å²) in [5, 5.41) is 0. The van der Waals surface area contributed by atoms with Crippen LogP contribution in [0.1, 0.15) is 16.7 Å². The fourth-order valence-electron chi connectivity index (χ4n) is 3.39. The maximum absolute atomic E-state index is 6.04. The van der Waals surface area contributed by atoms with Crippen molar-refractivity contribution in [1.82, 2.24) is 9.55 Å². The van der Waals surface area contributed by atoms with E-state index in [1.54, 1.807) is 0 Å². The van der Waals surface area contributed by atoms with Crippen molar-refractivity contribution in [2.24, 2.45) is 0 Å². The molecule has 0 bridgehead atoms. The second-order valence-corrected chi connectivity index (χ2v) is 6.99. The minimum absolute atomic E-state index is 0.599. The third-order valence-electron chi connectivity index (χ3n) is 5.10.